The van der Waals surface area contributed by atoms with Gasteiger partial charge in [-0.25, -0.2) is 0 Å². The molecule has 0 aliphatic heterocycles. The van der Waals surface area contributed by atoms with Gasteiger partial charge in [0.15, 0.2) is 0 Å². The van der Waals surface area contributed by atoms with Crippen molar-refractivity contribution in [3.63, 3.8) is 0 Å². The van der Waals surface area contributed by atoms with E-state index < -0.39 is 23.3 Å². The van der Waals surface area contributed by atoms with Crippen LogP contribution in [0.25, 0.3) is 0 Å². The molecule has 2 aromatic carbocycles. The van der Waals surface area contributed by atoms with E-state index in [9.17, 15) is 14.7 Å². The summed E-state index contributed by atoms with van der Waals surface area (Å²) in [6.07, 6.45) is 6.84. The highest BCUT2D eigenvalue weighted by atomic mass is 16.3. The molecule has 4 N–H and O–H groups in total. The minimum Gasteiger partial charge on any atom is -0.391 e. The minimum atomic E-state index is -1.19. The molecule has 0 radical (unpaired) electrons. The molecule has 0 aromatic heterocycles. The maximum absolute atomic E-state index is 13.5. The van der Waals surface area contributed by atoms with Gasteiger partial charge in [0.2, 0.25) is 11.8 Å². The molecular formula is C33H45N3O3. The van der Waals surface area contributed by atoms with E-state index in [4.69, 9.17) is 5.73 Å². The zero-order valence-electron chi connectivity index (χ0n) is 24.0. The van der Waals surface area contributed by atoms with Crippen LogP contribution in [0.15, 0.2) is 72.3 Å². The standard InChI is InChI=1S/C33H45N3O3/c1-5-18-36(19-6-2)31(38)27-16-11-17-33(21-27,32(34)39)29(20-26-13-8-7-9-14-26)30(37)23-35-22-28-15-10-12-24(3)25(28)4/h7-17,29-30,35,37H,5-6,18-23H2,1-4H3,(H2,34,39)/t29-,30+,33?/m1/s1. The lowest BCUT2D eigenvalue weighted by Gasteiger charge is -2.41. The Morgan fingerprint density at radius 3 is 2.38 bits per heavy atom. The number of allylic oxidation sites excluding steroid dienone is 2. The van der Waals surface area contributed by atoms with Crippen LogP contribution in [-0.4, -0.2) is 47.6 Å². The summed E-state index contributed by atoms with van der Waals surface area (Å²) >= 11 is 0. The first-order chi connectivity index (χ1) is 18.7. The van der Waals surface area contributed by atoms with E-state index in [2.05, 4.69) is 45.1 Å². The molecule has 2 amide bonds. The first kappa shape index (κ1) is 30.3. The summed E-state index contributed by atoms with van der Waals surface area (Å²) in [5, 5.41) is 15.0. The second-order valence-corrected chi connectivity index (χ2v) is 10.8. The lowest BCUT2D eigenvalue weighted by Crippen LogP contribution is -2.51. The van der Waals surface area contributed by atoms with Gasteiger partial charge < -0.3 is 21.1 Å². The van der Waals surface area contributed by atoms with Crippen LogP contribution in [0.3, 0.4) is 0 Å². The molecule has 0 saturated heterocycles. The molecular weight excluding hydrogens is 486 g/mol. The number of benzene rings is 2. The lowest BCUT2D eigenvalue weighted by molar-refractivity contribution is -0.132. The Morgan fingerprint density at radius 2 is 1.74 bits per heavy atom. The number of nitrogens with zero attached hydrogens (tertiary/aromatic N) is 1. The number of carbonyl (C=O) groups excluding carboxylic acids is 2. The van der Waals surface area contributed by atoms with E-state index in [1.807, 2.05) is 41.3 Å². The molecule has 3 rings (SSSR count). The first-order valence-corrected chi connectivity index (χ1v) is 14.2. The Bertz CT molecular complexity index is 1170. The topological polar surface area (TPSA) is 95.7 Å². The number of primary amides is 1. The number of carbonyl (C=O) groups is 2. The van der Waals surface area contributed by atoms with E-state index in [0.29, 0.717) is 38.2 Å². The number of nitrogens with one attached hydrogen (secondary N) is 1. The van der Waals surface area contributed by atoms with Gasteiger partial charge in [-0.3, -0.25) is 9.59 Å². The van der Waals surface area contributed by atoms with Crippen molar-refractivity contribution in [2.45, 2.75) is 66.0 Å². The van der Waals surface area contributed by atoms with Crippen LogP contribution < -0.4 is 11.1 Å². The monoisotopic (exact) mass is 531 g/mol. The van der Waals surface area contributed by atoms with E-state index in [-0.39, 0.29) is 12.3 Å². The summed E-state index contributed by atoms with van der Waals surface area (Å²) in [5.74, 6) is -1.11. The van der Waals surface area contributed by atoms with Gasteiger partial charge in [-0.15, -0.1) is 0 Å². The zero-order valence-corrected chi connectivity index (χ0v) is 24.0. The number of aliphatic hydroxyl groups excluding tert-OH is 1. The molecule has 0 spiro atoms. The van der Waals surface area contributed by atoms with Gasteiger partial charge >= 0.3 is 0 Å². The van der Waals surface area contributed by atoms with Gasteiger partial charge in [0.1, 0.15) is 0 Å². The molecule has 0 saturated carbocycles. The number of nitrogens with two attached hydrogens (primary N) is 1. The van der Waals surface area contributed by atoms with Crippen LogP contribution in [0.4, 0.5) is 0 Å². The summed E-state index contributed by atoms with van der Waals surface area (Å²) in [6, 6.07) is 16.0. The van der Waals surface area contributed by atoms with Crippen molar-refractivity contribution >= 4 is 11.8 Å². The number of rotatable bonds is 14. The molecule has 3 atom stereocenters. The Morgan fingerprint density at radius 1 is 1.05 bits per heavy atom. The summed E-state index contributed by atoms with van der Waals surface area (Å²) in [4.78, 5) is 28.6. The van der Waals surface area contributed by atoms with Crippen molar-refractivity contribution in [3.8, 4) is 0 Å². The zero-order chi connectivity index (χ0) is 28.4. The molecule has 6 heteroatoms. The quantitative estimate of drug-likeness (QED) is 0.332. The van der Waals surface area contributed by atoms with Crippen molar-refractivity contribution in [1.82, 2.24) is 10.2 Å². The highest BCUT2D eigenvalue weighted by molar-refractivity contribution is 5.96. The number of hydrogen-bond donors (Lipinski definition) is 3. The third-order valence-electron chi connectivity index (χ3n) is 7.99. The van der Waals surface area contributed by atoms with Crippen LogP contribution in [0.1, 0.15) is 55.4 Å². The number of aryl methyl sites for hydroxylation is 1. The second kappa shape index (κ2) is 14.2. The smallest absolute Gasteiger partial charge is 0.249 e. The third kappa shape index (κ3) is 7.46. The Kier molecular flexibility index (Phi) is 11.1. The molecule has 1 aliphatic rings. The van der Waals surface area contributed by atoms with Crippen LogP contribution >= 0.6 is 0 Å². The molecule has 1 aliphatic carbocycles. The fraction of sp³-hybridized carbons (Fsp3) is 0.455. The molecule has 1 unspecified atom stereocenters. The van der Waals surface area contributed by atoms with Crippen molar-refractivity contribution in [2.75, 3.05) is 19.6 Å². The fourth-order valence-corrected chi connectivity index (χ4v) is 5.61. The number of amides is 2. The van der Waals surface area contributed by atoms with Gasteiger partial charge in [-0.2, -0.15) is 0 Å². The van der Waals surface area contributed by atoms with Crippen molar-refractivity contribution < 1.29 is 14.7 Å². The van der Waals surface area contributed by atoms with E-state index >= 15 is 0 Å². The predicted octanol–water partition coefficient (Wildman–Crippen LogP) is 4.62. The van der Waals surface area contributed by atoms with E-state index in [0.717, 1.165) is 18.4 Å². The molecule has 6 nitrogen and oxygen atoms in total. The summed E-state index contributed by atoms with van der Waals surface area (Å²) in [5.41, 5.74) is 10.1. The minimum absolute atomic E-state index is 0.0605. The van der Waals surface area contributed by atoms with Gasteiger partial charge in [0.05, 0.1) is 11.5 Å². The van der Waals surface area contributed by atoms with Gasteiger partial charge in [0.25, 0.3) is 0 Å². The van der Waals surface area contributed by atoms with E-state index in [1.54, 1.807) is 18.2 Å². The fourth-order valence-electron chi connectivity index (χ4n) is 5.61. The van der Waals surface area contributed by atoms with Crippen LogP contribution in [0, 0.1) is 25.2 Å². The molecule has 39 heavy (non-hydrogen) atoms. The SMILES string of the molecule is CCCN(CCC)C(=O)C1=CC=CC(C(N)=O)([C@H](Cc2ccccc2)[C@@H](O)CNCc2cccc(C)c2C)C1. The molecule has 0 heterocycles. The van der Waals surface area contributed by atoms with Crippen molar-refractivity contribution in [3.05, 3.63) is 94.6 Å². The average molecular weight is 532 g/mol. The van der Waals surface area contributed by atoms with Crippen molar-refractivity contribution in [2.24, 2.45) is 17.1 Å². The maximum atomic E-state index is 13.5. The number of hydrogen-bond acceptors (Lipinski definition) is 4. The predicted molar refractivity (Wildman–Crippen MR) is 158 cm³/mol. The maximum Gasteiger partial charge on any atom is 0.249 e. The van der Waals surface area contributed by atoms with Crippen LogP contribution in [0.2, 0.25) is 0 Å². The van der Waals surface area contributed by atoms with Crippen molar-refractivity contribution in [1.29, 1.82) is 0 Å². The first-order valence-electron chi connectivity index (χ1n) is 14.2. The van der Waals surface area contributed by atoms with E-state index in [1.165, 1.54) is 16.7 Å². The lowest BCUT2D eigenvalue weighted by atomic mass is 9.64. The summed E-state index contributed by atoms with van der Waals surface area (Å²) < 4.78 is 0. The van der Waals surface area contributed by atoms with Gasteiger partial charge in [0, 0.05) is 37.7 Å². The second-order valence-electron chi connectivity index (χ2n) is 10.8. The van der Waals surface area contributed by atoms with Crippen LogP contribution in [0.5, 0.6) is 0 Å². The Balaban J connectivity index is 1.89. The average Bonchev–Trinajstić information content (AvgIpc) is 2.94. The molecule has 0 bridgehead atoms. The molecule has 210 valence electrons. The van der Waals surface area contributed by atoms with Gasteiger partial charge in [-0.1, -0.05) is 80.6 Å². The Hall–Kier alpha value is -3.22. The molecule has 0 fully saturated rings. The summed E-state index contributed by atoms with van der Waals surface area (Å²) in [6.45, 7) is 10.5. The van der Waals surface area contributed by atoms with Crippen LogP contribution in [-0.2, 0) is 22.6 Å². The largest absolute Gasteiger partial charge is 0.391 e. The molecule has 2 aromatic rings. The van der Waals surface area contributed by atoms with Gasteiger partial charge in [-0.05, 0) is 61.8 Å². The Labute approximate surface area is 234 Å². The third-order valence-corrected chi connectivity index (χ3v) is 7.99. The summed E-state index contributed by atoms with van der Waals surface area (Å²) in [7, 11) is 0. The normalized spacial score (nSPS) is 18.3. The highest BCUT2D eigenvalue weighted by Gasteiger charge is 2.47. The highest BCUT2D eigenvalue weighted by Crippen LogP contribution is 2.43. The number of aliphatic hydroxyl groups is 1.